The van der Waals surface area contributed by atoms with E-state index in [0.29, 0.717) is 35.2 Å². The minimum atomic E-state index is -2.18. The van der Waals surface area contributed by atoms with Crippen molar-refractivity contribution in [3.63, 3.8) is 0 Å². The Morgan fingerprint density at radius 1 is 1.21 bits per heavy atom. The van der Waals surface area contributed by atoms with Crippen LogP contribution >= 0.6 is 0 Å². The number of hydrogen-bond acceptors (Lipinski definition) is 8. The number of aryl methyl sites for hydroxylation is 2. The second-order valence-corrected chi connectivity index (χ2v) is 12.8. The summed E-state index contributed by atoms with van der Waals surface area (Å²) in [6.45, 7) is 6.42. The smallest absolute Gasteiger partial charge is 0.295 e. The molecule has 1 saturated carbocycles. The number of benzene rings is 1. The minimum Gasteiger partial charge on any atom is -0.361 e. The van der Waals surface area contributed by atoms with Gasteiger partial charge in [-0.3, -0.25) is 13.6 Å². The van der Waals surface area contributed by atoms with Crippen LogP contribution in [0.1, 0.15) is 67.6 Å². The third kappa shape index (κ3) is 4.26. The molecule has 0 saturated heterocycles. The zero-order valence-electron chi connectivity index (χ0n) is 21.9. The highest BCUT2D eigenvalue weighted by atomic mass is 32.2. The summed E-state index contributed by atoms with van der Waals surface area (Å²) in [6.07, 6.45) is 7.00. The molecule has 9 nitrogen and oxygen atoms in total. The maximum atomic E-state index is 13.7. The van der Waals surface area contributed by atoms with Crippen molar-refractivity contribution in [1.82, 2.24) is 29.5 Å². The molecule has 3 aromatic heterocycles. The summed E-state index contributed by atoms with van der Waals surface area (Å²) in [7, 11) is -2.18. The van der Waals surface area contributed by atoms with E-state index in [1.807, 2.05) is 39.0 Å². The average molecular weight is 530 g/mol. The number of anilines is 1. The molecule has 2 atom stereocenters. The van der Waals surface area contributed by atoms with Gasteiger partial charge in [-0.1, -0.05) is 19.1 Å². The molecule has 6 rings (SSSR count). The minimum absolute atomic E-state index is 0.0856. The van der Waals surface area contributed by atoms with Gasteiger partial charge < -0.3 is 5.32 Å². The maximum absolute atomic E-state index is 13.7. The predicted octanol–water partition coefficient (Wildman–Crippen LogP) is 4.04. The zero-order chi connectivity index (χ0) is 26.6. The lowest BCUT2D eigenvalue weighted by Gasteiger charge is -2.18. The fourth-order valence-corrected chi connectivity index (χ4v) is 6.86. The molecule has 2 unspecified atom stereocenters. The van der Waals surface area contributed by atoms with Gasteiger partial charge in [-0.15, -0.1) is 0 Å². The molecule has 4 heterocycles. The second kappa shape index (κ2) is 9.27. The summed E-state index contributed by atoms with van der Waals surface area (Å²) in [5.41, 5.74) is 5.55. The molecule has 2 aliphatic rings. The molecule has 4 aromatic rings. The second-order valence-electron chi connectivity index (χ2n) is 10.4. The Hall–Kier alpha value is -3.66. The van der Waals surface area contributed by atoms with E-state index >= 15 is 0 Å². The van der Waals surface area contributed by atoms with Gasteiger partial charge in [0, 0.05) is 29.2 Å². The molecular weight excluding hydrogens is 498 g/mol. The molecule has 38 heavy (non-hydrogen) atoms. The summed E-state index contributed by atoms with van der Waals surface area (Å²) >= 11 is 0. The van der Waals surface area contributed by atoms with Crippen molar-refractivity contribution in [2.24, 2.45) is 0 Å². The van der Waals surface area contributed by atoms with Crippen LogP contribution in [0.2, 0.25) is 0 Å². The lowest BCUT2D eigenvalue weighted by atomic mass is 10.1. The van der Waals surface area contributed by atoms with Gasteiger partial charge in [0.15, 0.2) is 17.3 Å². The molecule has 0 amide bonds. The van der Waals surface area contributed by atoms with Crippen molar-refractivity contribution in [2.75, 3.05) is 11.1 Å². The van der Waals surface area contributed by atoms with Crippen LogP contribution in [-0.2, 0) is 22.5 Å². The van der Waals surface area contributed by atoms with Gasteiger partial charge in [-0.05, 0) is 72.1 Å². The van der Waals surface area contributed by atoms with Gasteiger partial charge >= 0.3 is 0 Å². The van der Waals surface area contributed by atoms with Gasteiger partial charge in [0.2, 0.25) is 0 Å². The van der Waals surface area contributed by atoms with Crippen LogP contribution in [0.4, 0.5) is 5.82 Å². The number of aromatic nitrogens is 6. The third-order valence-corrected chi connectivity index (χ3v) is 9.67. The van der Waals surface area contributed by atoms with Crippen LogP contribution in [0.15, 0.2) is 40.4 Å². The number of nitrogens with one attached hydrogen (secondary N) is 1. The van der Waals surface area contributed by atoms with Crippen molar-refractivity contribution in [3.05, 3.63) is 63.6 Å². The molecule has 1 aliphatic carbocycles. The topological polar surface area (TPSA) is 116 Å². The first kappa shape index (κ1) is 24.7. The monoisotopic (exact) mass is 529 g/mol. The Morgan fingerprint density at radius 3 is 2.79 bits per heavy atom. The fraction of sp³-hybridized carbons (Fsp3) is 0.393. The summed E-state index contributed by atoms with van der Waals surface area (Å²) in [4.78, 5) is 37.6. The van der Waals surface area contributed by atoms with Crippen molar-refractivity contribution < 1.29 is 4.21 Å². The van der Waals surface area contributed by atoms with E-state index in [-0.39, 0.29) is 17.4 Å². The first-order valence-electron chi connectivity index (χ1n) is 13.1. The van der Waals surface area contributed by atoms with Crippen molar-refractivity contribution >= 4 is 32.4 Å². The number of rotatable bonds is 7. The largest absolute Gasteiger partial charge is 0.361 e. The summed E-state index contributed by atoms with van der Waals surface area (Å²) in [6, 6.07) is 5.80. The predicted molar refractivity (Wildman–Crippen MR) is 150 cm³/mol. The first-order chi connectivity index (χ1) is 18.3. The van der Waals surface area contributed by atoms with Gasteiger partial charge in [0.25, 0.3) is 5.56 Å². The lowest BCUT2D eigenvalue weighted by molar-refractivity contribution is 0.526. The first-order valence-corrected chi connectivity index (χ1v) is 15.0. The highest BCUT2D eigenvalue weighted by Gasteiger charge is 2.30. The van der Waals surface area contributed by atoms with Crippen LogP contribution < -0.4 is 10.9 Å². The SMILES string of the molecule is C=S1(=O)CCc2cc(CNc3nc4cnc(-c5c(C)ncnc5C5CC5)nc4n(C(C)CC)c3=O)ccc21. The Kier molecular flexibility index (Phi) is 6.02. The van der Waals surface area contributed by atoms with Crippen molar-refractivity contribution in [2.45, 2.75) is 69.9 Å². The molecule has 1 fully saturated rings. The molecule has 1 aliphatic heterocycles. The van der Waals surface area contributed by atoms with E-state index in [0.717, 1.165) is 58.7 Å². The van der Waals surface area contributed by atoms with Crippen LogP contribution in [0.3, 0.4) is 0 Å². The lowest BCUT2D eigenvalue weighted by Crippen LogP contribution is -2.28. The van der Waals surface area contributed by atoms with Gasteiger partial charge in [-0.2, -0.15) is 0 Å². The van der Waals surface area contributed by atoms with E-state index in [2.05, 4.69) is 31.1 Å². The van der Waals surface area contributed by atoms with Gasteiger partial charge in [-0.25, -0.2) is 24.9 Å². The van der Waals surface area contributed by atoms with E-state index in [1.165, 1.54) is 0 Å². The third-order valence-electron chi connectivity index (χ3n) is 7.60. The van der Waals surface area contributed by atoms with Crippen LogP contribution in [-0.4, -0.2) is 45.3 Å². The average Bonchev–Trinajstić information content (AvgIpc) is 3.71. The molecule has 10 heteroatoms. The Bertz CT molecular complexity index is 1740. The molecule has 0 bridgehead atoms. The molecule has 1 aromatic carbocycles. The number of hydrogen-bond donors (Lipinski definition) is 1. The summed E-state index contributed by atoms with van der Waals surface area (Å²) in [5.74, 6) is 5.67. The van der Waals surface area contributed by atoms with E-state index < -0.39 is 9.52 Å². The molecule has 1 N–H and O–H groups in total. The van der Waals surface area contributed by atoms with Crippen LogP contribution in [0.25, 0.3) is 22.6 Å². The Labute approximate surface area is 221 Å². The molecule has 196 valence electrons. The molecular formula is C28H31N7O2S. The van der Waals surface area contributed by atoms with Gasteiger partial charge in [0.1, 0.15) is 11.8 Å². The highest BCUT2D eigenvalue weighted by molar-refractivity contribution is 8.00. The van der Waals surface area contributed by atoms with Crippen LogP contribution in [0, 0.1) is 6.92 Å². The van der Waals surface area contributed by atoms with E-state index in [1.54, 1.807) is 17.1 Å². The normalized spacial score (nSPS) is 19.4. The number of fused-ring (bicyclic) bond motifs is 2. The van der Waals surface area contributed by atoms with E-state index in [9.17, 15) is 9.00 Å². The highest BCUT2D eigenvalue weighted by Crippen LogP contribution is 2.43. The Balaban J connectivity index is 1.39. The van der Waals surface area contributed by atoms with Gasteiger partial charge in [0.05, 0.1) is 23.1 Å². The standard InChI is InChI=1S/C28H31N7O2S/c1-5-16(2)35-27-21(14-30-25(34-27)23-17(3)31-15-32-24(23)19-7-8-19)33-26(28(35)36)29-13-18-6-9-22-20(12-18)10-11-38(22,4)37/h6,9,12,14-16,19H,4-5,7-8,10-11,13H2,1-3H3,(H,29,33). The van der Waals surface area contributed by atoms with Crippen molar-refractivity contribution in [1.29, 1.82) is 0 Å². The molecule has 0 radical (unpaired) electrons. The number of nitrogens with zero attached hydrogens (tertiary/aromatic N) is 6. The van der Waals surface area contributed by atoms with Crippen LogP contribution in [0.5, 0.6) is 0 Å². The maximum Gasteiger partial charge on any atom is 0.295 e. The fourth-order valence-electron chi connectivity index (χ4n) is 5.13. The summed E-state index contributed by atoms with van der Waals surface area (Å²) < 4.78 is 14.3. The molecule has 0 spiro atoms. The Morgan fingerprint density at radius 2 is 2.03 bits per heavy atom. The van der Waals surface area contributed by atoms with E-state index in [4.69, 9.17) is 4.98 Å². The zero-order valence-corrected chi connectivity index (χ0v) is 22.7. The quantitative estimate of drug-likeness (QED) is 0.357. The van der Waals surface area contributed by atoms with Crippen molar-refractivity contribution in [3.8, 4) is 11.4 Å². The summed E-state index contributed by atoms with van der Waals surface area (Å²) in [5, 5.41) is 3.23.